The van der Waals surface area contributed by atoms with Crippen LogP contribution < -0.4 is 5.32 Å². The zero-order valence-corrected chi connectivity index (χ0v) is 13.8. The summed E-state index contributed by atoms with van der Waals surface area (Å²) < 4.78 is 26.5. The van der Waals surface area contributed by atoms with Crippen LogP contribution >= 0.6 is 0 Å². The van der Waals surface area contributed by atoms with Crippen molar-refractivity contribution in [3.8, 4) is 0 Å². The summed E-state index contributed by atoms with van der Waals surface area (Å²) >= 11 is 0. The number of benzene rings is 1. The largest absolute Gasteiger partial charge is 0.394 e. The van der Waals surface area contributed by atoms with E-state index >= 15 is 0 Å². The van der Waals surface area contributed by atoms with Crippen molar-refractivity contribution in [3.05, 3.63) is 23.8 Å². The molecule has 0 radical (unpaired) electrons. The molecule has 2 N–H and O–H groups in total. The minimum atomic E-state index is -3.78. The van der Waals surface area contributed by atoms with E-state index in [0.717, 1.165) is 4.31 Å². The van der Waals surface area contributed by atoms with Gasteiger partial charge in [0.05, 0.1) is 17.0 Å². The Balaban J connectivity index is 3.34. The topological polar surface area (TPSA) is 86.7 Å². The molecule has 7 heteroatoms. The van der Waals surface area contributed by atoms with Crippen molar-refractivity contribution in [2.24, 2.45) is 0 Å². The number of sulfonamides is 1. The highest BCUT2D eigenvalue weighted by Crippen LogP contribution is 2.27. The van der Waals surface area contributed by atoms with Crippen LogP contribution in [0.3, 0.4) is 0 Å². The van der Waals surface area contributed by atoms with Gasteiger partial charge in [0.2, 0.25) is 15.9 Å². The summed E-state index contributed by atoms with van der Waals surface area (Å²) in [5.74, 6) is -0.272. The minimum Gasteiger partial charge on any atom is -0.394 e. The maximum Gasteiger partial charge on any atom is 0.243 e. The van der Waals surface area contributed by atoms with Gasteiger partial charge in [0, 0.05) is 19.7 Å². The Bertz CT molecular complexity index is 638. The van der Waals surface area contributed by atoms with Crippen LogP contribution in [-0.2, 0) is 14.8 Å². The second-order valence-corrected chi connectivity index (χ2v) is 7.54. The minimum absolute atomic E-state index is 0.109. The fourth-order valence-corrected chi connectivity index (χ4v) is 3.49. The van der Waals surface area contributed by atoms with Crippen LogP contribution in [0.2, 0.25) is 0 Å². The average molecular weight is 314 g/mol. The van der Waals surface area contributed by atoms with E-state index in [1.807, 2.05) is 0 Å². The molecule has 0 bridgehead atoms. The van der Waals surface area contributed by atoms with E-state index < -0.39 is 15.6 Å². The van der Waals surface area contributed by atoms with Crippen LogP contribution in [0.15, 0.2) is 23.1 Å². The number of rotatable bonds is 5. The number of anilines is 1. The fraction of sp³-hybridized carbons (Fsp3) is 0.500. The Morgan fingerprint density at radius 2 is 1.95 bits per heavy atom. The first-order chi connectivity index (χ1) is 9.52. The lowest BCUT2D eigenvalue weighted by molar-refractivity contribution is -0.114. The molecule has 6 nitrogen and oxygen atoms in total. The van der Waals surface area contributed by atoms with Gasteiger partial charge in [-0.2, -0.15) is 4.31 Å². The van der Waals surface area contributed by atoms with Crippen LogP contribution in [0.1, 0.15) is 26.3 Å². The molecule has 1 amide bonds. The number of carbonyl (C=O) groups is 1. The van der Waals surface area contributed by atoms with E-state index in [-0.39, 0.29) is 17.4 Å². The maximum atomic E-state index is 12.7. The molecular weight excluding hydrogens is 292 g/mol. The van der Waals surface area contributed by atoms with E-state index in [9.17, 15) is 18.3 Å². The van der Waals surface area contributed by atoms with Gasteiger partial charge >= 0.3 is 0 Å². The normalized spacial score (nSPS) is 12.5. The Morgan fingerprint density at radius 3 is 2.43 bits per heavy atom. The number of nitrogens with zero attached hydrogens (tertiary/aromatic N) is 1. The molecule has 1 aromatic carbocycles. The highest BCUT2D eigenvalue weighted by atomic mass is 32.2. The second-order valence-electron chi connectivity index (χ2n) is 5.60. The van der Waals surface area contributed by atoms with Crippen molar-refractivity contribution < 1.29 is 18.3 Å². The molecule has 1 aromatic rings. The van der Waals surface area contributed by atoms with Gasteiger partial charge in [-0.05, 0) is 38.5 Å². The molecule has 0 unspecified atom stereocenters. The van der Waals surface area contributed by atoms with Gasteiger partial charge in [0.15, 0.2) is 0 Å². The third kappa shape index (κ3) is 3.81. The SMILES string of the molecule is CC(=O)Nc1ccc(C)c(S(=O)(=O)N(C)C(C)(C)CO)c1. The number of hydrogen-bond donors (Lipinski definition) is 2. The number of aliphatic hydroxyl groups excluding tert-OH is 1. The fourth-order valence-electron chi connectivity index (χ4n) is 1.73. The van der Waals surface area contributed by atoms with Crippen LogP contribution in [0.25, 0.3) is 0 Å². The summed E-state index contributed by atoms with van der Waals surface area (Å²) in [6, 6.07) is 4.71. The predicted octanol–water partition coefficient (Wildman–Crippen LogP) is 1.34. The quantitative estimate of drug-likeness (QED) is 0.859. The molecule has 118 valence electrons. The Hall–Kier alpha value is -1.44. The van der Waals surface area contributed by atoms with E-state index in [2.05, 4.69) is 5.32 Å². The molecule has 0 spiro atoms. The smallest absolute Gasteiger partial charge is 0.243 e. The molecule has 0 heterocycles. The van der Waals surface area contributed by atoms with Gasteiger partial charge in [-0.1, -0.05) is 6.07 Å². The van der Waals surface area contributed by atoms with E-state index in [1.165, 1.54) is 20.0 Å². The summed E-state index contributed by atoms with van der Waals surface area (Å²) in [6.45, 7) is 6.02. The van der Waals surface area contributed by atoms with Gasteiger partial charge in [-0.15, -0.1) is 0 Å². The highest BCUT2D eigenvalue weighted by molar-refractivity contribution is 7.89. The first-order valence-electron chi connectivity index (χ1n) is 6.50. The second kappa shape index (κ2) is 6.13. The van der Waals surface area contributed by atoms with E-state index in [0.29, 0.717) is 11.3 Å². The average Bonchev–Trinajstić information content (AvgIpc) is 2.39. The third-order valence-corrected chi connectivity index (χ3v) is 5.60. The van der Waals surface area contributed by atoms with Crippen molar-refractivity contribution in [2.45, 2.75) is 38.1 Å². The zero-order chi connectivity index (χ0) is 16.4. The molecule has 0 aliphatic heterocycles. The van der Waals surface area contributed by atoms with Crippen molar-refractivity contribution in [2.75, 3.05) is 19.0 Å². The summed E-state index contributed by atoms with van der Waals surface area (Å²) in [6.07, 6.45) is 0. The number of likely N-dealkylation sites (N-methyl/N-ethyl adjacent to an activating group) is 1. The van der Waals surface area contributed by atoms with E-state index in [1.54, 1.807) is 32.9 Å². The van der Waals surface area contributed by atoms with Gasteiger partial charge in [-0.3, -0.25) is 4.79 Å². The molecule has 0 aliphatic carbocycles. The molecule has 0 aromatic heterocycles. The lowest BCUT2D eigenvalue weighted by Gasteiger charge is -2.33. The van der Waals surface area contributed by atoms with Gasteiger partial charge in [0.1, 0.15) is 0 Å². The van der Waals surface area contributed by atoms with Crippen LogP contribution in [0.4, 0.5) is 5.69 Å². The van der Waals surface area contributed by atoms with Crippen LogP contribution in [-0.4, -0.2) is 42.9 Å². The number of aliphatic hydroxyl groups is 1. The molecule has 0 fully saturated rings. The van der Waals surface area contributed by atoms with Crippen molar-refractivity contribution in [3.63, 3.8) is 0 Å². The lowest BCUT2D eigenvalue weighted by atomic mass is 10.1. The first kappa shape index (κ1) is 17.6. The number of amides is 1. The van der Waals surface area contributed by atoms with Crippen molar-refractivity contribution in [1.82, 2.24) is 4.31 Å². The number of hydrogen-bond acceptors (Lipinski definition) is 4. The molecule has 21 heavy (non-hydrogen) atoms. The van der Waals surface area contributed by atoms with Crippen LogP contribution in [0, 0.1) is 6.92 Å². The standard InChI is InChI=1S/C14H22N2O4S/c1-10-6-7-12(15-11(2)18)8-13(10)21(19,20)16(5)14(3,4)9-17/h6-8,17H,9H2,1-5H3,(H,15,18). The molecular formula is C14H22N2O4S. The predicted molar refractivity (Wildman–Crippen MR) is 81.6 cm³/mol. The van der Waals surface area contributed by atoms with Crippen molar-refractivity contribution >= 4 is 21.6 Å². The zero-order valence-electron chi connectivity index (χ0n) is 13.0. The van der Waals surface area contributed by atoms with E-state index in [4.69, 9.17) is 0 Å². The van der Waals surface area contributed by atoms with Gasteiger partial charge in [0.25, 0.3) is 0 Å². The molecule has 0 saturated heterocycles. The summed E-state index contributed by atoms with van der Waals surface area (Å²) in [7, 11) is -2.35. The Labute approximate surface area is 125 Å². The van der Waals surface area contributed by atoms with Gasteiger partial charge < -0.3 is 10.4 Å². The summed E-state index contributed by atoms with van der Waals surface area (Å²) in [5.41, 5.74) is 0.0708. The summed E-state index contributed by atoms with van der Waals surface area (Å²) in [5, 5.41) is 11.9. The van der Waals surface area contributed by atoms with Crippen LogP contribution in [0.5, 0.6) is 0 Å². The number of nitrogens with one attached hydrogen (secondary N) is 1. The maximum absolute atomic E-state index is 12.7. The molecule has 1 rings (SSSR count). The molecule has 0 atom stereocenters. The number of carbonyl (C=O) groups excluding carboxylic acids is 1. The lowest BCUT2D eigenvalue weighted by Crippen LogP contribution is -2.47. The number of aryl methyl sites for hydroxylation is 1. The Kier molecular flexibility index (Phi) is 5.14. The highest BCUT2D eigenvalue weighted by Gasteiger charge is 2.34. The molecule has 0 saturated carbocycles. The van der Waals surface area contributed by atoms with Gasteiger partial charge in [-0.25, -0.2) is 8.42 Å². The monoisotopic (exact) mass is 314 g/mol. The first-order valence-corrected chi connectivity index (χ1v) is 7.94. The summed E-state index contributed by atoms with van der Waals surface area (Å²) in [4.78, 5) is 11.2. The molecule has 0 aliphatic rings. The third-order valence-electron chi connectivity index (χ3n) is 3.39. The van der Waals surface area contributed by atoms with Crippen molar-refractivity contribution in [1.29, 1.82) is 0 Å². The Morgan fingerprint density at radius 1 is 1.38 bits per heavy atom.